The Labute approximate surface area is 181 Å². The summed E-state index contributed by atoms with van der Waals surface area (Å²) >= 11 is 0. The second kappa shape index (κ2) is 7.25. The van der Waals surface area contributed by atoms with Crippen LogP contribution in [0.1, 0.15) is 63.1 Å². The van der Waals surface area contributed by atoms with Crippen LogP contribution >= 0.6 is 0 Å². The first kappa shape index (κ1) is 21.1. The van der Waals surface area contributed by atoms with Crippen LogP contribution in [-0.2, 0) is 9.53 Å². The molecule has 2 aromatic rings. The summed E-state index contributed by atoms with van der Waals surface area (Å²) in [6.07, 6.45) is 7.44. The van der Waals surface area contributed by atoms with E-state index < -0.39 is 17.0 Å². The minimum Gasteiger partial charge on any atom is -0.508 e. The smallest absolute Gasteiger partial charge is 0.198 e. The van der Waals surface area contributed by atoms with Gasteiger partial charge in [-0.15, -0.1) is 6.42 Å². The van der Waals surface area contributed by atoms with E-state index in [1.807, 2.05) is 6.07 Å². The van der Waals surface area contributed by atoms with E-state index in [4.69, 9.17) is 15.9 Å². The zero-order chi connectivity index (χ0) is 22.6. The first-order valence-electron chi connectivity index (χ1n) is 10.3. The average molecular weight is 420 g/mol. The number of hydrogen-bond acceptors (Lipinski definition) is 4. The van der Waals surface area contributed by atoms with Crippen molar-refractivity contribution in [2.45, 2.75) is 57.7 Å². The summed E-state index contributed by atoms with van der Waals surface area (Å²) in [4.78, 5) is 13.3. The normalized spacial score (nSPS) is 19.8. The molecule has 31 heavy (non-hydrogen) atoms. The minimum absolute atomic E-state index is 0.00210. The Bertz CT molecular complexity index is 1150. The van der Waals surface area contributed by atoms with Gasteiger partial charge in [0.1, 0.15) is 22.7 Å². The van der Waals surface area contributed by atoms with Gasteiger partial charge >= 0.3 is 0 Å². The number of Topliss-reactive ketones (excluding diaryl/α,β-unsaturated/α-hetero) is 1. The number of ketones is 1. The minimum atomic E-state index is -1.10. The van der Waals surface area contributed by atoms with Crippen molar-refractivity contribution in [2.24, 2.45) is 0 Å². The van der Waals surface area contributed by atoms with Gasteiger partial charge in [0.05, 0.1) is 5.57 Å². The number of carbonyl (C=O) groups is 1. The lowest BCUT2D eigenvalue weighted by molar-refractivity contribution is -0.158. The third kappa shape index (κ3) is 3.84. The molecular weight excluding hydrogens is 395 g/mol. The van der Waals surface area contributed by atoms with Gasteiger partial charge in [-0.3, -0.25) is 4.79 Å². The number of halogens is 1. The molecule has 1 fully saturated rings. The van der Waals surface area contributed by atoms with Gasteiger partial charge in [0.2, 0.25) is 0 Å². The van der Waals surface area contributed by atoms with Crippen LogP contribution in [0.5, 0.6) is 11.5 Å². The number of hydrogen-bond donors (Lipinski definition) is 1. The number of aliphatic hydroxyl groups is 1. The molecule has 4 rings (SSSR count). The summed E-state index contributed by atoms with van der Waals surface area (Å²) in [7, 11) is 0. The molecule has 4 nitrogen and oxygen atoms in total. The van der Waals surface area contributed by atoms with Crippen molar-refractivity contribution in [3.8, 4) is 23.8 Å². The number of ether oxygens (including phenoxy) is 2. The fraction of sp³-hybridized carbons (Fsp3) is 0.346. The fourth-order valence-corrected chi connectivity index (χ4v) is 4.06. The van der Waals surface area contributed by atoms with Gasteiger partial charge in [0, 0.05) is 5.56 Å². The summed E-state index contributed by atoms with van der Waals surface area (Å²) in [5.74, 6) is 2.16. The summed E-state index contributed by atoms with van der Waals surface area (Å²) < 4.78 is 25.9. The first-order valence-corrected chi connectivity index (χ1v) is 10.3. The summed E-state index contributed by atoms with van der Waals surface area (Å²) in [5.41, 5.74) is 0.156. The molecule has 1 N–H and O–H groups in total. The maximum Gasteiger partial charge on any atom is 0.198 e. The third-order valence-corrected chi connectivity index (χ3v) is 5.73. The van der Waals surface area contributed by atoms with Gasteiger partial charge in [0.25, 0.3) is 0 Å². The third-order valence-electron chi connectivity index (χ3n) is 5.73. The monoisotopic (exact) mass is 420 g/mol. The second-order valence-corrected chi connectivity index (χ2v) is 9.09. The molecule has 2 aliphatic rings. The highest BCUT2D eigenvalue weighted by Gasteiger charge is 2.48. The molecule has 0 saturated heterocycles. The predicted octanol–water partition coefficient (Wildman–Crippen LogP) is 5.90. The van der Waals surface area contributed by atoms with Crippen LogP contribution in [0.4, 0.5) is 4.39 Å². The standard InChI is InChI=1S/C26H25FO4/c1-6-15-7-12-20(27)21(13-15)30-17-10-11-18(16-8-9-16)19(14-17)22-23(28)25(2,3)31-26(4,5)24(22)29/h1,7,10-14,16,28H,8-9H2,2-5H3. The molecule has 1 saturated carbocycles. The Balaban J connectivity index is 1.84. The highest BCUT2D eigenvalue weighted by Crippen LogP contribution is 2.48. The van der Waals surface area contributed by atoms with E-state index in [1.165, 1.54) is 18.2 Å². The van der Waals surface area contributed by atoms with Crippen molar-refractivity contribution < 1.29 is 23.8 Å². The molecule has 1 aliphatic heterocycles. The molecule has 1 heterocycles. The van der Waals surface area contributed by atoms with E-state index in [1.54, 1.807) is 39.8 Å². The topological polar surface area (TPSA) is 55.8 Å². The van der Waals surface area contributed by atoms with Crippen LogP contribution in [-0.4, -0.2) is 22.1 Å². The number of aliphatic hydroxyl groups excluding tert-OH is 1. The Morgan fingerprint density at radius 3 is 2.48 bits per heavy atom. The van der Waals surface area contributed by atoms with Crippen molar-refractivity contribution in [2.75, 3.05) is 0 Å². The molecule has 0 spiro atoms. The Morgan fingerprint density at radius 1 is 1.13 bits per heavy atom. The molecule has 0 unspecified atom stereocenters. The number of terminal acetylenes is 1. The number of carbonyl (C=O) groups excluding carboxylic acids is 1. The highest BCUT2D eigenvalue weighted by atomic mass is 19.1. The lowest BCUT2D eigenvalue weighted by atomic mass is 9.81. The largest absolute Gasteiger partial charge is 0.508 e. The van der Waals surface area contributed by atoms with Gasteiger partial charge < -0.3 is 14.6 Å². The van der Waals surface area contributed by atoms with E-state index in [-0.39, 0.29) is 22.9 Å². The van der Waals surface area contributed by atoms with Crippen LogP contribution in [0.25, 0.3) is 5.57 Å². The second-order valence-electron chi connectivity index (χ2n) is 9.09. The molecule has 1 aliphatic carbocycles. The van der Waals surface area contributed by atoms with Crippen LogP contribution in [0.2, 0.25) is 0 Å². The maximum absolute atomic E-state index is 14.3. The molecule has 0 radical (unpaired) electrons. The van der Waals surface area contributed by atoms with Crippen molar-refractivity contribution in [1.29, 1.82) is 0 Å². The van der Waals surface area contributed by atoms with Gasteiger partial charge in [-0.25, -0.2) is 4.39 Å². The van der Waals surface area contributed by atoms with Crippen molar-refractivity contribution >= 4 is 11.4 Å². The number of rotatable bonds is 4. The molecule has 2 aromatic carbocycles. The van der Waals surface area contributed by atoms with Crippen LogP contribution < -0.4 is 4.74 Å². The lowest BCUT2D eigenvalue weighted by Crippen LogP contribution is -2.49. The molecule has 0 amide bonds. The predicted molar refractivity (Wildman–Crippen MR) is 117 cm³/mol. The van der Waals surface area contributed by atoms with E-state index in [2.05, 4.69) is 5.92 Å². The zero-order valence-electron chi connectivity index (χ0n) is 18.1. The maximum atomic E-state index is 14.3. The Kier molecular flexibility index (Phi) is 4.94. The van der Waals surface area contributed by atoms with Gasteiger partial charge in [-0.05, 0) is 87.9 Å². The molecule has 0 aromatic heterocycles. The van der Waals surface area contributed by atoms with Crippen molar-refractivity contribution in [3.05, 3.63) is 64.7 Å². The summed E-state index contributed by atoms with van der Waals surface area (Å²) in [5, 5.41) is 11.0. The zero-order valence-corrected chi connectivity index (χ0v) is 18.1. The van der Waals surface area contributed by atoms with Crippen molar-refractivity contribution in [3.63, 3.8) is 0 Å². The van der Waals surface area contributed by atoms with Gasteiger partial charge in [-0.2, -0.15) is 0 Å². The van der Waals surface area contributed by atoms with Crippen LogP contribution in [0.15, 0.2) is 42.2 Å². The SMILES string of the molecule is C#Cc1ccc(F)c(Oc2ccc(C3CC3)c(C3=C(O)C(C)(C)OC(C)(C)C3=O)c2)c1. The molecular formula is C26H25FO4. The fourth-order valence-electron chi connectivity index (χ4n) is 4.06. The summed E-state index contributed by atoms with van der Waals surface area (Å²) in [6, 6.07) is 9.52. The average Bonchev–Trinajstić information content (AvgIpc) is 3.53. The highest BCUT2D eigenvalue weighted by molar-refractivity contribution is 6.26. The van der Waals surface area contributed by atoms with Crippen LogP contribution in [0.3, 0.4) is 0 Å². The first-order chi connectivity index (χ1) is 14.5. The van der Waals surface area contributed by atoms with E-state index >= 15 is 0 Å². The quantitative estimate of drug-likeness (QED) is 0.626. The van der Waals surface area contributed by atoms with Crippen LogP contribution in [0, 0.1) is 18.2 Å². The molecule has 0 bridgehead atoms. The molecule has 0 atom stereocenters. The number of benzene rings is 2. The van der Waals surface area contributed by atoms with Gasteiger partial charge in [-0.1, -0.05) is 12.0 Å². The van der Waals surface area contributed by atoms with Crippen molar-refractivity contribution in [1.82, 2.24) is 0 Å². The van der Waals surface area contributed by atoms with E-state index in [0.29, 0.717) is 22.8 Å². The van der Waals surface area contributed by atoms with E-state index in [9.17, 15) is 14.3 Å². The Morgan fingerprint density at radius 2 is 1.84 bits per heavy atom. The Hall–Kier alpha value is -3.10. The van der Waals surface area contributed by atoms with Gasteiger partial charge in [0.15, 0.2) is 17.3 Å². The molecule has 160 valence electrons. The summed E-state index contributed by atoms with van der Waals surface area (Å²) in [6.45, 7) is 6.85. The lowest BCUT2D eigenvalue weighted by Gasteiger charge is -2.40. The molecule has 5 heteroatoms. The van der Waals surface area contributed by atoms with E-state index in [0.717, 1.165) is 18.4 Å².